The number of hydrogen-bond acceptors (Lipinski definition) is 4. The van der Waals surface area contributed by atoms with E-state index in [4.69, 9.17) is 9.47 Å². The summed E-state index contributed by atoms with van der Waals surface area (Å²) in [4.78, 5) is 25.8. The second-order valence-corrected chi connectivity index (χ2v) is 6.46. The predicted molar refractivity (Wildman–Crippen MR) is 103 cm³/mol. The van der Waals surface area contributed by atoms with Gasteiger partial charge in [0.25, 0.3) is 0 Å². The number of carbonyl (C=O) groups is 2. The van der Waals surface area contributed by atoms with Crippen LogP contribution in [0.3, 0.4) is 0 Å². The second-order valence-electron chi connectivity index (χ2n) is 6.46. The Balaban J connectivity index is 1.44. The van der Waals surface area contributed by atoms with E-state index in [0.29, 0.717) is 30.3 Å². The quantitative estimate of drug-likeness (QED) is 0.777. The third-order valence-electron chi connectivity index (χ3n) is 4.45. The van der Waals surface area contributed by atoms with Crippen molar-refractivity contribution in [2.45, 2.75) is 26.2 Å². The van der Waals surface area contributed by atoms with E-state index in [1.807, 2.05) is 18.2 Å². The molecule has 0 fully saturated rings. The maximum absolute atomic E-state index is 12.2. The van der Waals surface area contributed by atoms with Crippen molar-refractivity contribution in [1.82, 2.24) is 4.90 Å². The molecule has 1 aliphatic rings. The van der Waals surface area contributed by atoms with E-state index < -0.39 is 0 Å². The molecule has 1 N–H and O–H groups in total. The van der Waals surface area contributed by atoms with Gasteiger partial charge in [0.15, 0.2) is 11.5 Å². The van der Waals surface area contributed by atoms with Crippen LogP contribution in [0.1, 0.15) is 25.3 Å². The Labute approximate surface area is 159 Å². The van der Waals surface area contributed by atoms with Gasteiger partial charge in [0.2, 0.25) is 18.6 Å². The van der Waals surface area contributed by atoms with E-state index in [2.05, 4.69) is 17.4 Å². The zero-order valence-electron chi connectivity index (χ0n) is 15.4. The van der Waals surface area contributed by atoms with Gasteiger partial charge in [-0.1, -0.05) is 30.3 Å². The lowest BCUT2D eigenvalue weighted by Gasteiger charge is -2.20. The normalized spacial score (nSPS) is 11.9. The molecule has 2 amide bonds. The van der Waals surface area contributed by atoms with Crippen LogP contribution in [0, 0.1) is 0 Å². The second kappa shape index (κ2) is 9.07. The summed E-state index contributed by atoms with van der Waals surface area (Å²) in [7, 11) is 0. The smallest absolute Gasteiger partial charge is 0.231 e. The van der Waals surface area contributed by atoms with Gasteiger partial charge in [-0.2, -0.15) is 0 Å². The molecule has 142 valence electrons. The molecule has 6 heteroatoms. The van der Waals surface area contributed by atoms with E-state index in [0.717, 1.165) is 12.8 Å². The molecule has 1 aliphatic heterocycles. The Morgan fingerprint density at radius 3 is 2.59 bits per heavy atom. The molecule has 0 radical (unpaired) electrons. The number of fused-ring (bicyclic) bond motifs is 1. The molecular weight excluding hydrogens is 344 g/mol. The first-order valence-corrected chi connectivity index (χ1v) is 9.11. The fourth-order valence-electron chi connectivity index (χ4n) is 2.98. The van der Waals surface area contributed by atoms with E-state index in [1.54, 1.807) is 23.1 Å². The maximum Gasteiger partial charge on any atom is 0.231 e. The van der Waals surface area contributed by atoms with Gasteiger partial charge in [0.1, 0.15) is 0 Å². The summed E-state index contributed by atoms with van der Waals surface area (Å²) >= 11 is 0. The molecule has 2 aromatic rings. The minimum atomic E-state index is -0.136. The summed E-state index contributed by atoms with van der Waals surface area (Å²) in [5.41, 5.74) is 1.91. The zero-order chi connectivity index (χ0) is 19.1. The predicted octanol–water partition coefficient (Wildman–Crippen LogP) is 3.23. The number of amides is 2. The number of nitrogens with one attached hydrogen (secondary N) is 1. The van der Waals surface area contributed by atoms with Crippen LogP contribution in [0.4, 0.5) is 5.69 Å². The SMILES string of the molecule is CC(=O)N(CCCc1ccccc1)CCC(=O)Nc1ccc2c(c1)OCO2. The number of benzene rings is 2. The van der Waals surface area contributed by atoms with Gasteiger partial charge in [0.05, 0.1) is 0 Å². The Kier molecular flexibility index (Phi) is 6.30. The van der Waals surface area contributed by atoms with E-state index in [1.165, 1.54) is 12.5 Å². The highest BCUT2D eigenvalue weighted by Gasteiger charge is 2.15. The average Bonchev–Trinajstić information content (AvgIpc) is 3.13. The van der Waals surface area contributed by atoms with Crippen LogP contribution in [0.15, 0.2) is 48.5 Å². The lowest BCUT2D eigenvalue weighted by molar-refractivity contribution is -0.129. The van der Waals surface area contributed by atoms with Crippen molar-refractivity contribution < 1.29 is 19.1 Å². The minimum absolute atomic E-state index is 0.0149. The Morgan fingerprint density at radius 2 is 1.81 bits per heavy atom. The Morgan fingerprint density at radius 1 is 1.04 bits per heavy atom. The number of rotatable bonds is 8. The summed E-state index contributed by atoms with van der Waals surface area (Å²) < 4.78 is 10.6. The van der Waals surface area contributed by atoms with Gasteiger partial charge in [-0.15, -0.1) is 0 Å². The van der Waals surface area contributed by atoms with Crippen LogP contribution in [0.2, 0.25) is 0 Å². The van der Waals surface area contributed by atoms with Gasteiger partial charge >= 0.3 is 0 Å². The zero-order valence-corrected chi connectivity index (χ0v) is 15.4. The molecule has 0 saturated carbocycles. The van der Waals surface area contributed by atoms with E-state index >= 15 is 0 Å². The monoisotopic (exact) mass is 368 g/mol. The third kappa shape index (κ3) is 5.48. The van der Waals surface area contributed by atoms with Gasteiger partial charge in [-0.25, -0.2) is 0 Å². The van der Waals surface area contributed by atoms with Crippen molar-refractivity contribution in [3.05, 3.63) is 54.1 Å². The highest BCUT2D eigenvalue weighted by molar-refractivity contribution is 5.91. The molecule has 0 aliphatic carbocycles. The van der Waals surface area contributed by atoms with Crippen LogP contribution >= 0.6 is 0 Å². The Bertz CT molecular complexity index is 792. The number of carbonyl (C=O) groups excluding carboxylic acids is 2. The number of ether oxygens (including phenoxy) is 2. The molecule has 1 heterocycles. The van der Waals surface area contributed by atoms with Gasteiger partial charge in [0, 0.05) is 38.2 Å². The summed E-state index contributed by atoms with van der Waals surface area (Å²) in [6, 6.07) is 15.5. The van der Waals surface area contributed by atoms with Crippen molar-refractivity contribution in [2.75, 3.05) is 25.2 Å². The molecule has 27 heavy (non-hydrogen) atoms. The Hall–Kier alpha value is -3.02. The molecular formula is C21H24N2O4. The average molecular weight is 368 g/mol. The van der Waals surface area contributed by atoms with Crippen molar-refractivity contribution in [2.24, 2.45) is 0 Å². The standard InChI is InChI=1S/C21H24N2O4/c1-16(24)23(12-5-8-17-6-3-2-4-7-17)13-11-21(25)22-18-9-10-19-20(14-18)27-15-26-19/h2-4,6-7,9-10,14H,5,8,11-13,15H2,1H3,(H,22,25). The van der Waals surface area contributed by atoms with Crippen LogP contribution in [0.5, 0.6) is 11.5 Å². The fraction of sp³-hybridized carbons (Fsp3) is 0.333. The third-order valence-corrected chi connectivity index (χ3v) is 4.45. The van der Waals surface area contributed by atoms with E-state index in [-0.39, 0.29) is 25.0 Å². The summed E-state index contributed by atoms with van der Waals surface area (Å²) in [5.74, 6) is 1.15. The van der Waals surface area contributed by atoms with Crippen LogP contribution in [-0.2, 0) is 16.0 Å². The minimum Gasteiger partial charge on any atom is -0.454 e. The van der Waals surface area contributed by atoms with Gasteiger partial charge in [-0.05, 0) is 30.5 Å². The van der Waals surface area contributed by atoms with Crippen LogP contribution < -0.4 is 14.8 Å². The number of aryl methyl sites for hydroxylation is 1. The molecule has 0 bridgehead atoms. The van der Waals surface area contributed by atoms with Crippen molar-refractivity contribution >= 4 is 17.5 Å². The largest absolute Gasteiger partial charge is 0.454 e. The summed E-state index contributed by atoms with van der Waals surface area (Å²) in [6.07, 6.45) is 2.03. The first-order valence-electron chi connectivity index (χ1n) is 9.11. The lowest BCUT2D eigenvalue weighted by Crippen LogP contribution is -2.33. The van der Waals surface area contributed by atoms with Crippen LogP contribution in [-0.4, -0.2) is 36.6 Å². The van der Waals surface area contributed by atoms with Crippen molar-refractivity contribution in [3.63, 3.8) is 0 Å². The lowest BCUT2D eigenvalue weighted by atomic mass is 10.1. The molecule has 3 rings (SSSR count). The van der Waals surface area contributed by atoms with Crippen molar-refractivity contribution in [1.29, 1.82) is 0 Å². The molecule has 0 aromatic heterocycles. The van der Waals surface area contributed by atoms with Crippen LogP contribution in [0.25, 0.3) is 0 Å². The van der Waals surface area contributed by atoms with E-state index in [9.17, 15) is 9.59 Å². The number of hydrogen-bond donors (Lipinski definition) is 1. The maximum atomic E-state index is 12.2. The van der Waals surface area contributed by atoms with Gasteiger partial charge in [-0.3, -0.25) is 9.59 Å². The number of nitrogens with zero attached hydrogens (tertiary/aromatic N) is 1. The molecule has 2 aromatic carbocycles. The first-order chi connectivity index (χ1) is 13.1. The van der Waals surface area contributed by atoms with Gasteiger partial charge < -0.3 is 19.7 Å². The molecule has 0 atom stereocenters. The number of anilines is 1. The fourth-order valence-corrected chi connectivity index (χ4v) is 2.98. The molecule has 0 unspecified atom stereocenters. The molecule has 6 nitrogen and oxygen atoms in total. The first kappa shape index (κ1) is 18.8. The molecule has 0 saturated heterocycles. The highest BCUT2D eigenvalue weighted by Crippen LogP contribution is 2.34. The molecule has 0 spiro atoms. The topological polar surface area (TPSA) is 67.9 Å². The van der Waals surface area contributed by atoms with Crippen molar-refractivity contribution in [3.8, 4) is 11.5 Å². The highest BCUT2D eigenvalue weighted by atomic mass is 16.7. The summed E-state index contributed by atoms with van der Waals surface area (Å²) in [6.45, 7) is 2.78. The summed E-state index contributed by atoms with van der Waals surface area (Å²) in [5, 5.41) is 2.84.